The van der Waals surface area contributed by atoms with Crippen LogP contribution in [0.1, 0.15) is 24.5 Å². The Morgan fingerprint density at radius 1 is 1.26 bits per heavy atom. The van der Waals surface area contributed by atoms with Crippen LogP contribution >= 0.6 is 22.6 Å². The highest BCUT2D eigenvalue weighted by atomic mass is 127. The number of carbonyl (C=O) groups excluding carboxylic acids is 2. The van der Waals surface area contributed by atoms with Gasteiger partial charge < -0.3 is 11.1 Å². The minimum Gasteiger partial charge on any atom is -0.370 e. The average Bonchev–Trinajstić information content (AvgIpc) is 3.23. The number of nitrogens with one attached hydrogen (secondary N) is 1. The van der Waals surface area contributed by atoms with E-state index in [-0.39, 0.29) is 30.3 Å². The Labute approximate surface area is 204 Å². The van der Waals surface area contributed by atoms with Crippen molar-refractivity contribution in [2.75, 3.05) is 5.32 Å². The molecule has 2 amide bonds. The van der Waals surface area contributed by atoms with Gasteiger partial charge in [-0.05, 0) is 41.6 Å². The molecule has 4 aromatic rings. The maximum Gasteiger partial charge on any atom is 0.236 e. The molecule has 1 aliphatic heterocycles. The first-order chi connectivity index (χ1) is 16.2. The van der Waals surface area contributed by atoms with E-state index in [9.17, 15) is 18.4 Å². The van der Waals surface area contributed by atoms with E-state index >= 15 is 0 Å². The first kappa shape index (κ1) is 22.3. The molecule has 3 aromatic heterocycles. The number of primary amides is 1. The van der Waals surface area contributed by atoms with Gasteiger partial charge in [-0.25, -0.2) is 28.4 Å². The summed E-state index contributed by atoms with van der Waals surface area (Å²) in [7, 11) is 0. The molecular weight excluding hydrogens is 559 g/mol. The molecule has 9 nitrogen and oxygen atoms in total. The van der Waals surface area contributed by atoms with E-state index < -0.39 is 28.9 Å². The smallest absolute Gasteiger partial charge is 0.236 e. The Morgan fingerprint density at radius 2 is 2.03 bits per heavy atom. The SMILES string of the molecule is CC1(CC(N)=O)C(=O)Nc2nc(-c3nn(Cc4ccccc4F)c4ncc(F)cc34)nc(I)c21. The maximum atomic E-state index is 14.3. The predicted octanol–water partition coefficient (Wildman–Crippen LogP) is 2.90. The highest BCUT2D eigenvalue weighted by Gasteiger charge is 2.47. The highest BCUT2D eigenvalue weighted by molar-refractivity contribution is 14.1. The molecule has 1 atom stereocenters. The van der Waals surface area contributed by atoms with Crippen molar-refractivity contribution in [2.24, 2.45) is 5.73 Å². The summed E-state index contributed by atoms with van der Waals surface area (Å²) >= 11 is 1.95. The van der Waals surface area contributed by atoms with Crippen molar-refractivity contribution in [3.05, 3.63) is 63.0 Å². The van der Waals surface area contributed by atoms with Gasteiger partial charge in [0.1, 0.15) is 26.8 Å². The van der Waals surface area contributed by atoms with E-state index in [1.165, 1.54) is 16.8 Å². The van der Waals surface area contributed by atoms with Crippen LogP contribution in [0.25, 0.3) is 22.6 Å². The number of hydrogen-bond donors (Lipinski definition) is 2. The lowest BCUT2D eigenvalue weighted by Gasteiger charge is -2.20. The molecule has 0 spiro atoms. The van der Waals surface area contributed by atoms with Crippen LogP contribution in [-0.2, 0) is 21.5 Å². The monoisotopic (exact) mass is 575 g/mol. The maximum absolute atomic E-state index is 14.3. The molecule has 5 rings (SSSR count). The van der Waals surface area contributed by atoms with Crippen LogP contribution in [0, 0.1) is 15.3 Å². The third-order valence-corrected chi connectivity index (χ3v) is 6.50. The lowest BCUT2D eigenvalue weighted by Crippen LogP contribution is -2.36. The van der Waals surface area contributed by atoms with E-state index in [1.807, 2.05) is 22.6 Å². The Balaban J connectivity index is 1.66. The summed E-state index contributed by atoms with van der Waals surface area (Å²) in [4.78, 5) is 37.4. The second-order valence-electron chi connectivity index (χ2n) is 8.11. The predicted molar refractivity (Wildman–Crippen MR) is 127 cm³/mol. The summed E-state index contributed by atoms with van der Waals surface area (Å²) in [5.74, 6) is -1.70. The quantitative estimate of drug-likeness (QED) is 0.278. The number of hydrogen-bond acceptors (Lipinski definition) is 6. The zero-order valence-electron chi connectivity index (χ0n) is 17.6. The Kier molecular flexibility index (Phi) is 5.26. The number of pyridine rings is 1. The van der Waals surface area contributed by atoms with E-state index in [0.717, 1.165) is 6.20 Å². The molecule has 1 aromatic carbocycles. The van der Waals surface area contributed by atoms with Crippen molar-refractivity contribution in [3.63, 3.8) is 0 Å². The van der Waals surface area contributed by atoms with Crippen LogP contribution < -0.4 is 11.1 Å². The average molecular weight is 575 g/mol. The minimum absolute atomic E-state index is 0.0528. The molecule has 12 heteroatoms. The van der Waals surface area contributed by atoms with E-state index in [0.29, 0.717) is 25.9 Å². The summed E-state index contributed by atoms with van der Waals surface area (Å²) in [6.45, 7) is 1.65. The Bertz CT molecular complexity index is 1510. The van der Waals surface area contributed by atoms with Crippen LogP contribution in [0.5, 0.6) is 0 Å². The van der Waals surface area contributed by atoms with Gasteiger partial charge in [0.05, 0.1) is 23.5 Å². The van der Waals surface area contributed by atoms with E-state index in [4.69, 9.17) is 5.73 Å². The lowest BCUT2D eigenvalue weighted by molar-refractivity contribution is -0.126. The van der Waals surface area contributed by atoms with Crippen molar-refractivity contribution in [1.82, 2.24) is 24.7 Å². The molecule has 0 aliphatic carbocycles. The van der Waals surface area contributed by atoms with Crippen molar-refractivity contribution in [1.29, 1.82) is 0 Å². The van der Waals surface area contributed by atoms with Gasteiger partial charge in [-0.2, -0.15) is 5.10 Å². The summed E-state index contributed by atoms with van der Waals surface area (Å²) in [5, 5.41) is 7.52. The van der Waals surface area contributed by atoms with E-state index in [1.54, 1.807) is 25.1 Å². The molecule has 0 fully saturated rings. The van der Waals surface area contributed by atoms with Gasteiger partial charge in [-0.3, -0.25) is 9.59 Å². The van der Waals surface area contributed by atoms with Gasteiger partial charge >= 0.3 is 0 Å². The van der Waals surface area contributed by atoms with Crippen LogP contribution in [0.2, 0.25) is 0 Å². The van der Waals surface area contributed by atoms with Crippen molar-refractivity contribution in [2.45, 2.75) is 25.3 Å². The van der Waals surface area contributed by atoms with Gasteiger partial charge in [-0.15, -0.1) is 0 Å². The third-order valence-electron chi connectivity index (χ3n) is 5.72. The molecule has 1 unspecified atom stereocenters. The molecule has 0 saturated carbocycles. The first-order valence-electron chi connectivity index (χ1n) is 10.1. The number of aromatic nitrogens is 5. The minimum atomic E-state index is -1.21. The van der Waals surface area contributed by atoms with Gasteiger partial charge in [-0.1, -0.05) is 18.2 Å². The number of halogens is 3. The number of nitrogens with two attached hydrogens (primary N) is 1. The zero-order chi connectivity index (χ0) is 24.2. The zero-order valence-corrected chi connectivity index (χ0v) is 19.8. The fourth-order valence-corrected chi connectivity index (χ4v) is 5.17. The highest BCUT2D eigenvalue weighted by Crippen LogP contribution is 2.42. The second kappa shape index (κ2) is 8.04. The molecule has 0 saturated heterocycles. The second-order valence-corrected chi connectivity index (χ2v) is 9.14. The van der Waals surface area contributed by atoms with E-state index in [2.05, 4.69) is 25.4 Å². The standard InChI is InChI=1S/C22H16F2IN7O2/c1-22(7-14(26)33)15-17(25)28-19(29-18(15)30-21(22)34)16-12-6-11(23)8-27-20(12)32(31-16)9-10-4-2-3-5-13(10)24/h2-6,8H,7,9H2,1H3,(H2,26,33)(H,28,29,30,34). The largest absolute Gasteiger partial charge is 0.370 e. The summed E-state index contributed by atoms with van der Waals surface area (Å²) < 4.78 is 30.2. The number of amides is 2. The molecule has 3 N–H and O–H groups in total. The van der Waals surface area contributed by atoms with Crippen LogP contribution in [0.3, 0.4) is 0 Å². The number of fused-ring (bicyclic) bond motifs is 2. The molecular formula is C22H16F2IN7O2. The Hall–Kier alpha value is -3.55. The number of benzene rings is 1. The number of anilines is 1. The molecule has 0 bridgehead atoms. The normalized spacial score (nSPS) is 17.1. The lowest BCUT2D eigenvalue weighted by atomic mass is 9.82. The van der Waals surface area contributed by atoms with Gasteiger partial charge in [0, 0.05) is 17.5 Å². The Morgan fingerprint density at radius 3 is 2.76 bits per heavy atom. The molecule has 34 heavy (non-hydrogen) atoms. The van der Waals surface area contributed by atoms with Crippen LogP contribution in [-0.4, -0.2) is 36.5 Å². The van der Waals surface area contributed by atoms with Crippen LogP contribution in [0.15, 0.2) is 36.5 Å². The first-order valence-corrected chi connectivity index (χ1v) is 11.2. The summed E-state index contributed by atoms with van der Waals surface area (Å²) in [6.07, 6.45) is 0.842. The van der Waals surface area contributed by atoms with Crippen molar-refractivity contribution >= 4 is 51.3 Å². The molecule has 172 valence electrons. The molecule has 1 aliphatic rings. The van der Waals surface area contributed by atoms with Gasteiger partial charge in [0.25, 0.3) is 0 Å². The molecule has 0 radical (unpaired) electrons. The fourth-order valence-electron chi connectivity index (χ4n) is 4.09. The topological polar surface area (TPSA) is 129 Å². The summed E-state index contributed by atoms with van der Waals surface area (Å²) in [6, 6.07) is 7.50. The summed E-state index contributed by atoms with van der Waals surface area (Å²) in [5.41, 5.74) is 5.52. The van der Waals surface area contributed by atoms with Gasteiger partial charge in [0.2, 0.25) is 11.8 Å². The number of rotatable bonds is 5. The van der Waals surface area contributed by atoms with Gasteiger partial charge in [0.15, 0.2) is 11.5 Å². The fraction of sp³-hybridized carbons (Fsp3) is 0.182. The number of carbonyl (C=O) groups is 2. The number of nitrogens with zero attached hydrogens (tertiary/aromatic N) is 5. The van der Waals surface area contributed by atoms with Crippen LogP contribution in [0.4, 0.5) is 14.6 Å². The van der Waals surface area contributed by atoms with Crippen molar-refractivity contribution < 1.29 is 18.4 Å². The van der Waals surface area contributed by atoms with Crippen molar-refractivity contribution in [3.8, 4) is 11.5 Å². The third kappa shape index (κ3) is 3.57. The molecule has 4 heterocycles.